The predicted molar refractivity (Wildman–Crippen MR) is 66.6 cm³/mol. The van der Waals surface area contributed by atoms with E-state index < -0.39 is 0 Å². The molecule has 1 radical (unpaired) electrons. The molecule has 4 unspecified atom stereocenters. The van der Waals surface area contributed by atoms with Crippen molar-refractivity contribution in [3.8, 4) is 0 Å². The van der Waals surface area contributed by atoms with Gasteiger partial charge in [0, 0.05) is 22.4 Å². The van der Waals surface area contributed by atoms with E-state index in [0.717, 1.165) is 17.5 Å². The average Bonchev–Trinajstić information content (AvgIpc) is 2.47. The second-order valence-corrected chi connectivity index (χ2v) is 8.65. The Morgan fingerprint density at radius 2 is 1.67 bits per heavy atom. The Kier molecular flexibility index (Phi) is 6.20. The van der Waals surface area contributed by atoms with Crippen LogP contribution in [-0.4, -0.2) is 16.9 Å². The minimum absolute atomic E-state index is 0. The van der Waals surface area contributed by atoms with E-state index in [1.807, 2.05) is 0 Å². The Balaban J connectivity index is 0.00000112. The quantitative estimate of drug-likeness (QED) is 0.323. The van der Waals surface area contributed by atoms with Gasteiger partial charge in [-0.25, -0.2) is 0 Å². The molecule has 0 nitrogen and oxygen atoms in total. The molecule has 0 spiro atoms. The summed E-state index contributed by atoms with van der Waals surface area (Å²) in [6.07, 6.45) is 8.82. The molecule has 0 aromatic heterocycles. The zero-order chi connectivity index (χ0) is 10.1. The molecule has 1 saturated carbocycles. The number of halogens is 1. The van der Waals surface area contributed by atoms with E-state index in [-0.39, 0.29) is 30.3 Å². The molecule has 1 aliphatic heterocycles. The van der Waals surface area contributed by atoms with Gasteiger partial charge >= 0.3 is 0 Å². The molecule has 2 fully saturated rings. The molecule has 1 heterocycles. The van der Waals surface area contributed by atoms with Crippen LogP contribution >= 0.6 is 19.5 Å². The Morgan fingerprint density at radius 1 is 1.07 bits per heavy atom. The predicted octanol–water partition coefficient (Wildman–Crippen LogP) is 4.65. The molecule has 0 aromatic rings. The van der Waals surface area contributed by atoms with Crippen LogP contribution in [0.15, 0.2) is 0 Å². The van der Waals surface area contributed by atoms with Crippen molar-refractivity contribution in [2.24, 2.45) is 11.8 Å². The smallest absolute Gasteiger partial charge is 0.0563 e. The van der Waals surface area contributed by atoms with Crippen molar-refractivity contribution in [1.82, 2.24) is 0 Å². The third-order valence-corrected chi connectivity index (χ3v) is 8.90. The van der Waals surface area contributed by atoms with Gasteiger partial charge in [0.25, 0.3) is 0 Å². The zero-order valence-corrected chi connectivity index (χ0v) is 13.5. The van der Waals surface area contributed by atoms with Crippen LogP contribution in [0.5, 0.6) is 0 Å². The van der Waals surface area contributed by atoms with Crippen molar-refractivity contribution in [2.75, 3.05) is 6.16 Å². The summed E-state index contributed by atoms with van der Waals surface area (Å²) in [5, 5.41) is 0.531. The summed E-state index contributed by atoms with van der Waals surface area (Å²) in [7, 11) is 0.162. The first-order valence-electron chi connectivity index (χ1n) is 6.10. The standard InChI is InChI=1S/C12H22ClP.Au/c1-9-8-14(12(13)10(9)2)11-6-4-3-5-7-11;/h9-12H,3-8H2,1-2H3;. The van der Waals surface area contributed by atoms with Crippen molar-refractivity contribution in [3.05, 3.63) is 0 Å². The van der Waals surface area contributed by atoms with Crippen LogP contribution < -0.4 is 0 Å². The van der Waals surface area contributed by atoms with Crippen LogP contribution in [-0.2, 0) is 22.4 Å². The third kappa shape index (κ3) is 3.23. The van der Waals surface area contributed by atoms with Crippen molar-refractivity contribution in [1.29, 1.82) is 0 Å². The van der Waals surface area contributed by atoms with Crippen LogP contribution in [0, 0.1) is 11.8 Å². The fourth-order valence-corrected chi connectivity index (χ4v) is 7.73. The van der Waals surface area contributed by atoms with Crippen molar-refractivity contribution in [3.63, 3.8) is 0 Å². The molecular formula is C12H22AuClP. The first-order valence-corrected chi connectivity index (χ1v) is 8.20. The molecule has 0 amide bonds. The van der Waals surface area contributed by atoms with Gasteiger partial charge in [0.15, 0.2) is 0 Å². The molecule has 0 N–H and O–H groups in total. The van der Waals surface area contributed by atoms with Crippen molar-refractivity contribution >= 4 is 19.5 Å². The van der Waals surface area contributed by atoms with Crippen LogP contribution in [0.2, 0.25) is 0 Å². The second kappa shape index (κ2) is 6.41. The van der Waals surface area contributed by atoms with Gasteiger partial charge < -0.3 is 0 Å². The van der Waals surface area contributed by atoms with Gasteiger partial charge in [0.2, 0.25) is 0 Å². The van der Waals surface area contributed by atoms with Gasteiger partial charge in [-0.15, -0.1) is 11.6 Å². The minimum atomic E-state index is 0. The third-order valence-electron chi connectivity index (χ3n) is 4.19. The van der Waals surface area contributed by atoms with E-state index in [1.165, 1.54) is 38.3 Å². The summed E-state index contributed by atoms with van der Waals surface area (Å²) in [4.78, 5) is 0. The fraction of sp³-hybridized carbons (Fsp3) is 1.00. The number of rotatable bonds is 1. The van der Waals surface area contributed by atoms with Gasteiger partial charge in [0.1, 0.15) is 0 Å². The van der Waals surface area contributed by atoms with Crippen LogP contribution in [0.3, 0.4) is 0 Å². The molecule has 4 atom stereocenters. The first-order chi connectivity index (χ1) is 6.70. The summed E-state index contributed by atoms with van der Waals surface area (Å²) in [5.41, 5.74) is 1.02. The molecular weight excluding hydrogens is 408 g/mol. The molecule has 0 bridgehead atoms. The van der Waals surface area contributed by atoms with E-state index >= 15 is 0 Å². The van der Waals surface area contributed by atoms with E-state index in [0.29, 0.717) is 5.12 Å². The van der Waals surface area contributed by atoms with E-state index in [4.69, 9.17) is 11.6 Å². The van der Waals surface area contributed by atoms with Crippen LogP contribution in [0.25, 0.3) is 0 Å². The number of hydrogen-bond acceptors (Lipinski definition) is 0. The molecule has 1 saturated heterocycles. The Bertz CT molecular complexity index is 194. The normalized spacial score (nSPS) is 42.6. The Hall–Kier alpha value is 1.46. The molecule has 15 heavy (non-hydrogen) atoms. The van der Waals surface area contributed by atoms with Crippen LogP contribution in [0.4, 0.5) is 0 Å². The largest absolute Gasteiger partial charge is 0.118 e. The fourth-order valence-electron chi connectivity index (χ4n) is 2.94. The zero-order valence-electron chi connectivity index (χ0n) is 9.68. The maximum absolute atomic E-state index is 6.59. The Morgan fingerprint density at radius 3 is 2.13 bits per heavy atom. The summed E-state index contributed by atoms with van der Waals surface area (Å²) >= 11 is 6.59. The second-order valence-electron chi connectivity index (χ2n) is 5.20. The SMILES string of the molecule is CC1CP(C2CCCCC2)C(Cl)C1C.[Au]. The van der Waals surface area contributed by atoms with E-state index in [2.05, 4.69) is 13.8 Å². The average molecular weight is 430 g/mol. The topological polar surface area (TPSA) is 0 Å². The first kappa shape index (κ1) is 14.5. The van der Waals surface area contributed by atoms with Crippen molar-refractivity contribution in [2.45, 2.75) is 56.7 Å². The van der Waals surface area contributed by atoms with Crippen LogP contribution in [0.1, 0.15) is 46.0 Å². The van der Waals surface area contributed by atoms with E-state index in [1.54, 1.807) is 0 Å². The maximum Gasteiger partial charge on any atom is 0.0563 e. The summed E-state index contributed by atoms with van der Waals surface area (Å²) < 4.78 is 0. The molecule has 3 heteroatoms. The molecule has 0 aromatic carbocycles. The number of alkyl halides is 1. The van der Waals surface area contributed by atoms with E-state index in [9.17, 15) is 0 Å². The molecule has 2 rings (SSSR count). The van der Waals surface area contributed by atoms with Gasteiger partial charge in [-0.3, -0.25) is 0 Å². The van der Waals surface area contributed by atoms with Gasteiger partial charge in [-0.05, 0) is 36.5 Å². The Labute approximate surface area is 116 Å². The van der Waals surface area contributed by atoms with Gasteiger partial charge in [0.05, 0.1) is 5.12 Å². The minimum Gasteiger partial charge on any atom is -0.118 e. The monoisotopic (exact) mass is 429 g/mol. The summed E-state index contributed by atoms with van der Waals surface area (Å²) in [6, 6.07) is 0. The van der Waals surface area contributed by atoms with Gasteiger partial charge in [-0.1, -0.05) is 41.0 Å². The molecule has 1 aliphatic carbocycles. The van der Waals surface area contributed by atoms with Crippen molar-refractivity contribution < 1.29 is 22.4 Å². The molecule has 93 valence electrons. The summed E-state index contributed by atoms with van der Waals surface area (Å²) in [6.45, 7) is 4.75. The summed E-state index contributed by atoms with van der Waals surface area (Å²) in [5.74, 6) is 1.65. The molecule has 2 aliphatic rings. The van der Waals surface area contributed by atoms with Gasteiger partial charge in [-0.2, -0.15) is 0 Å². The maximum atomic E-state index is 6.59. The number of hydrogen-bond donors (Lipinski definition) is 0.